The van der Waals surface area contributed by atoms with Crippen LogP contribution >= 0.6 is 0 Å². The topological polar surface area (TPSA) is 147 Å². The van der Waals surface area contributed by atoms with Crippen molar-refractivity contribution >= 4 is 34.8 Å². The predicted octanol–water partition coefficient (Wildman–Crippen LogP) is 3.54. The number of nitrogens with one attached hydrogen (secondary N) is 3. The van der Waals surface area contributed by atoms with E-state index in [1.165, 1.54) is 0 Å². The van der Waals surface area contributed by atoms with Crippen molar-refractivity contribution in [2.75, 3.05) is 6.61 Å². The first-order valence-corrected chi connectivity index (χ1v) is 12.1. The van der Waals surface area contributed by atoms with Crippen LogP contribution in [0.15, 0.2) is 30.5 Å². The van der Waals surface area contributed by atoms with E-state index in [1.54, 1.807) is 27.0 Å². The van der Waals surface area contributed by atoms with E-state index in [9.17, 15) is 24.3 Å². The molecule has 0 aliphatic rings. The van der Waals surface area contributed by atoms with Crippen molar-refractivity contribution in [3.8, 4) is 0 Å². The summed E-state index contributed by atoms with van der Waals surface area (Å²) in [6.45, 7) is 9.24. The van der Waals surface area contributed by atoms with Crippen molar-refractivity contribution < 1.29 is 33.8 Å². The largest absolute Gasteiger partial charge is 0.480 e. The molecule has 2 aromatic rings. The SMILES string of the molecule is CC(C)CCOC(=O)[C@@H](Cc1c[nH]c2ccccc12)NC(=O)CC[C@@H](NC(=O)OC(C)(C)C)C(=O)O. The first-order valence-electron chi connectivity index (χ1n) is 12.1. The maximum atomic E-state index is 12.8. The maximum absolute atomic E-state index is 12.8. The highest BCUT2D eigenvalue weighted by Gasteiger charge is 2.27. The maximum Gasteiger partial charge on any atom is 0.408 e. The molecule has 2 amide bonds. The summed E-state index contributed by atoms with van der Waals surface area (Å²) in [4.78, 5) is 52.2. The third-order valence-corrected chi connectivity index (χ3v) is 5.31. The van der Waals surface area contributed by atoms with Crippen LogP contribution in [0.4, 0.5) is 4.79 Å². The number of carboxylic acid groups (broad SMARTS) is 1. The second-order valence-electron chi connectivity index (χ2n) is 10.1. The van der Waals surface area contributed by atoms with Gasteiger partial charge < -0.3 is 30.2 Å². The number of hydrogen-bond acceptors (Lipinski definition) is 6. The van der Waals surface area contributed by atoms with E-state index in [0.29, 0.717) is 12.3 Å². The number of H-pyrrole nitrogens is 1. The number of aromatic amines is 1. The van der Waals surface area contributed by atoms with Crippen molar-refractivity contribution in [3.63, 3.8) is 0 Å². The van der Waals surface area contributed by atoms with Crippen LogP contribution in [0.1, 0.15) is 59.4 Å². The lowest BCUT2D eigenvalue weighted by Crippen LogP contribution is -2.46. The fourth-order valence-electron chi connectivity index (χ4n) is 3.46. The lowest BCUT2D eigenvalue weighted by Gasteiger charge is -2.22. The zero-order valence-electron chi connectivity index (χ0n) is 21.6. The number of rotatable bonds is 12. The average Bonchev–Trinajstić information content (AvgIpc) is 3.17. The molecule has 198 valence electrons. The number of esters is 1. The minimum Gasteiger partial charge on any atom is -0.480 e. The molecule has 0 saturated carbocycles. The minimum absolute atomic E-state index is 0.178. The fraction of sp³-hybridized carbons (Fsp3) is 0.538. The molecule has 10 heteroatoms. The quantitative estimate of drug-likeness (QED) is 0.324. The van der Waals surface area contributed by atoms with E-state index < -0.39 is 41.6 Å². The number of carbonyl (C=O) groups is 4. The minimum atomic E-state index is -1.32. The van der Waals surface area contributed by atoms with Crippen molar-refractivity contribution in [2.45, 2.75) is 78.0 Å². The Kier molecular flexibility index (Phi) is 10.3. The number of aromatic nitrogens is 1. The van der Waals surface area contributed by atoms with Gasteiger partial charge in [0.05, 0.1) is 6.61 Å². The van der Waals surface area contributed by atoms with Gasteiger partial charge in [0.25, 0.3) is 0 Å². The molecule has 1 heterocycles. The summed E-state index contributed by atoms with van der Waals surface area (Å²) >= 11 is 0. The number of ether oxygens (including phenoxy) is 2. The Balaban J connectivity index is 2.05. The van der Waals surface area contributed by atoms with E-state index in [1.807, 2.05) is 38.1 Å². The van der Waals surface area contributed by atoms with Gasteiger partial charge in [-0.25, -0.2) is 14.4 Å². The highest BCUT2D eigenvalue weighted by atomic mass is 16.6. The van der Waals surface area contributed by atoms with Crippen molar-refractivity contribution in [3.05, 3.63) is 36.0 Å². The molecule has 4 N–H and O–H groups in total. The van der Waals surface area contributed by atoms with Gasteiger partial charge in [0.1, 0.15) is 17.7 Å². The van der Waals surface area contributed by atoms with Crippen LogP contribution in [0.3, 0.4) is 0 Å². The number of aliphatic carboxylic acids is 1. The Morgan fingerprint density at radius 1 is 1.03 bits per heavy atom. The van der Waals surface area contributed by atoms with Crippen LogP contribution in [0.2, 0.25) is 0 Å². The molecule has 2 atom stereocenters. The lowest BCUT2D eigenvalue weighted by molar-refractivity contribution is -0.148. The molecule has 0 fully saturated rings. The number of carbonyl (C=O) groups excluding carboxylic acids is 3. The zero-order chi connectivity index (χ0) is 26.9. The molecule has 1 aromatic heterocycles. The Hall–Kier alpha value is -3.56. The summed E-state index contributed by atoms with van der Waals surface area (Å²) in [6, 6.07) is 5.34. The van der Waals surface area contributed by atoms with Gasteiger partial charge in [0.2, 0.25) is 5.91 Å². The molecule has 36 heavy (non-hydrogen) atoms. The summed E-state index contributed by atoms with van der Waals surface area (Å²) in [7, 11) is 0. The Morgan fingerprint density at radius 3 is 2.36 bits per heavy atom. The lowest BCUT2D eigenvalue weighted by atomic mass is 10.0. The first-order chi connectivity index (χ1) is 16.9. The van der Waals surface area contributed by atoms with E-state index in [0.717, 1.165) is 16.5 Å². The Bertz CT molecular complexity index is 1060. The Labute approximate surface area is 211 Å². The van der Waals surface area contributed by atoms with Crippen molar-refractivity contribution in [2.24, 2.45) is 5.92 Å². The number of para-hydroxylation sites is 1. The number of hydrogen-bond donors (Lipinski definition) is 4. The van der Waals surface area contributed by atoms with Gasteiger partial charge >= 0.3 is 18.0 Å². The number of fused-ring (bicyclic) bond motifs is 1. The molecule has 0 aliphatic heterocycles. The van der Waals surface area contributed by atoms with Crippen LogP contribution in [0, 0.1) is 5.92 Å². The van der Waals surface area contributed by atoms with Gasteiger partial charge in [-0.3, -0.25) is 4.79 Å². The van der Waals surface area contributed by atoms with Crippen molar-refractivity contribution in [1.82, 2.24) is 15.6 Å². The smallest absolute Gasteiger partial charge is 0.408 e. The molecule has 0 saturated heterocycles. The summed E-state index contributed by atoms with van der Waals surface area (Å²) < 4.78 is 10.5. The molecule has 0 bridgehead atoms. The van der Waals surface area contributed by atoms with Crippen LogP contribution < -0.4 is 10.6 Å². The van der Waals surface area contributed by atoms with Crippen LogP contribution in [-0.2, 0) is 30.3 Å². The fourth-order valence-corrected chi connectivity index (χ4v) is 3.46. The summed E-state index contributed by atoms with van der Waals surface area (Å²) in [5.41, 5.74) is 0.950. The number of benzene rings is 1. The average molecular weight is 504 g/mol. The van der Waals surface area contributed by atoms with Crippen molar-refractivity contribution in [1.29, 1.82) is 0 Å². The molecule has 10 nitrogen and oxygen atoms in total. The third kappa shape index (κ3) is 9.59. The molecular weight excluding hydrogens is 466 g/mol. The second kappa shape index (κ2) is 12.9. The monoisotopic (exact) mass is 503 g/mol. The molecule has 0 unspecified atom stereocenters. The van der Waals surface area contributed by atoms with Gasteiger partial charge in [-0.1, -0.05) is 32.0 Å². The molecular formula is C26H37N3O7. The van der Waals surface area contributed by atoms with Crippen LogP contribution in [0.5, 0.6) is 0 Å². The van der Waals surface area contributed by atoms with E-state index >= 15 is 0 Å². The summed E-state index contributed by atoms with van der Waals surface area (Å²) in [5.74, 6) is -2.03. The van der Waals surface area contributed by atoms with Gasteiger partial charge in [-0.2, -0.15) is 0 Å². The standard InChI is InChI=1S/C26H37N3O7/c1-16(2)12-13-35-24(33)21(14-17-15-27-19-9-7-6-8-18(17)19)28-22(30)11-10-20(23(31)32)29-25(34)36-26(3,4)5/h6-9,15-16,20-21,27H,10-14H2,1-5H3,(H,28,30)(H,29,34)(H,31,32)/t20-,21-/m1/s1. The number of alkyl carbamates (subject to hydrolysis) is 1. The predicted molar refractivity (Wildman–Crippen MR) is 134 cm³/mol. The summed E-state index contributed by atoms with van der Waals surface area (Å²) in [6.07, 6.45) is 1.39. The Morgan fingerprint density at radius 2 is 1.72 bits per heavy atom. The van der Waals surface area contributed by atoms with Gasteiger partial charge in [-0.05, 0) is 51.2 Å². The highest BCUT2D eigenvalue weighted by molar-refractivity contribution is 5.88. The van der Waals surface area contributed by atoms with E-state index in [4.69, 9.17) is 9.47 Å². The van der Waals surface area contributed by atoms with Crippen LogP contribution in [0.25, 0.3) is 10.9 Å². The zero-order valence-corrected chi connectivity index (χ0v) is 21.6. The van der Waals surface area contributed by atoms with Crippen LogP contribution in [-0.4, -0.2) is 58.3 Å². The normalized spacial score (nSPS) is 13.2. The molecule has 2 rings (SSSR count). The van der Waals surface area contributed by atoms with Gasteiger partial charge in [0.15, 0.2) is 0 Å². The highest BCUT2D eigenvalue weighted by Crippen LogP contribution is 2.20. The van der Waals surface area contributed by atoms with Gasteiger partial charge in [-0.15, -0.1) is 0 Å². The van der Waals surface area contributed by atoms with E-state index in [2.05, 4.69) is 15.6 Å². The first kappa shape index (κ1) is 28.7. The molecule has 0 spiro atoms. The third-order valence-electron chi connectivity index (χ3n) is 5.31. The van der Waals surface area contributed by atoms with Gasteiger partial charge in [0, 0.05) is 29.9 Å². The number of amides is 2. The molecule has 0 aliphatic carbocycles. The van der Waals surface area contributed by atoms with E-state index in [-0.39, 0.29) is 25.9 Å². The summed E-state index contributed by atoms with van der Waals surface area (Å²) in [5, 5.41) is 15.3. The number of carboxylic acids is 1. The molecule has 0 radical (unpaired) electrons. The second-order valence-corrected chi connectivity index (χ2v) is 10.1. The molecule has 1 aromatic carbocycles.